The van der Waals surface area contributed by atoms with Gasteiger partial charge >= 0.3 is 5.97 Å². The summed E-state index contributed by atoms with van der Waals surface area (Å²) in [4.78, 5) is 14.4. The molecule has 0 amide bonds. The SMILES string of the molecule is COC(=O)c1cc(C=CCCN=[N+]=[N-])cs1. The summed E-state index contributed by atoms with van der Waals surface area (Å²) in [7, 11) is 1.36. The topological polar surface area (TPSA) is 75.1 Å². The van der Waals surface area contributed by atoms with Crippen molar-refractivity contribution in [1.29, 1.82) is 0 Å². The number of esters is 1. The standard InChI is InChI=1S/C10H11N3O2S/c1-15-10(14)9-6-8(7-16-9)4-2-3-5-12-13-11/h2,4,6-7H,3,5H2,1H3. The second kappa shape index (κ2) is 6.66. The lowest BCUT2D eigenvalue weighted by Gasteiger charge is -1.91. The van der Waals surface area contributed by atoms with Crippen LogP contribution in [0.5, 0.6) is 0 Å². The Hall–Kier alpha value is -1.78. The largest absolute Gasteiger partial charge is 0.465 e. The van der Waals surface area contributed by atoms with Crippen LogP contribution in [0.15, 0.2) is 22.6 Å². The average Bonchev–Trinajstić information content (AvgIpc) is 2.76. The fourth-order valence-corrected chi connectivity index (χ4v) is 1.84. The molecule has 84 valence electrons. The molecule has 0 aliphatic rings. The van der Waals surface area contributed by atoms with Crippen molar-refractivity contribution in [2.24, 2.45) is 5.11 Å². The molecule has 1 aromatic rings. The van der Waals surface area contributed by atoms with Crippen molar-refractivity contribution in [2.45, 2.75) is 6.42 Å². The number of hydrogen-bond donors (Lipinski definition) is 0. The first-order valence-corrected chi connectivity index (χ1v) is 5.50. The van der Waals surface area contributed by atoms with Gasteiger partial charge in [-0.2, -0.15) is 0 Å². The van der Waals surface area contributed by atoms with Gasteiger partial charge in [0.2, 0.25) is 0 Å². The van der Waals surface area contributed by atoms with Gasteiger partial charge in [-0.15, -0.1) is 11.3 Å². The molecule has 0 bridgehead atoms. The highest BCUT2D eigenvalue weighted by molar-refractivity contribution is 7.12. The minimum atomic E-state index is -0.321. The molecule has 0 aromatic carbocycles. The molecule has 0 atom stereocenters. The van der Waals surface area contributed by atoms with E-state index in [0.29, 0.717) is 17.8 Å². The van der Waals surface area contributed by atoms with Crippen LogP contribution >= 0.6 is 11.3 Å². The highest BCUT2D eigenvalue weighted by Gasteiger charge is 2.06. The lowest BCUT2D eigenvalue weighted by atomic mass is 10.2. The quantitative estimate of drug-likeness (QED) is 0.259. The number of ether oxygens (including phenoxy) is 1. The molecule has 16 heavy (non-hydrogen) atoms. The molecule has 1 aromatic heterocycles. The normalized spacial score (nSPS) is 10.1. The fraction of sp³-hybridized carbons (Fsp3) is 0.300. The third-order valence-corrected chi connectivity index (χ3v) is 2.70. The van der Waals surface area contributed by atoms with Crippen molar-refractivity contribution in [3.8, 4) is 0 Å². The Morgan fingerprint density at radius 2 is 2.56 bits per heavy atom. The molecular formula is C10H11N3O2S. The van der Waals surface area contributed by atoms with Crippen LogP contribution in [-0.2, 0) is 4.74 Å². The van der Waals surface area contributed by atoms with Crippen LogP contribution in [0.25, 0.3) is 16.5 Å². The fourth-order valence-electron chi connectivity index (χ4n) is 1.04. The number of azide groups is 1. The van der Waals surface area contributed by atoms with Gasteiger partial charge in [-0.3, -0.25) is 0 Å². The van der Waals surface area contributed by atoms with Gasteiger partial charge in [0.1, 0.15) is 4.88 Å². The Labute approximate surface area is 97.0 Å². The lowest BCUT2D eigenvalue weighted by Crippen LogP contribution is -1.96. The van der Waals surface area contributed by atoms with Crippen LogP contribution in [0.3, 0.4) is 0 Å². The van der Waals surface area contributed by atoms with E-state index in [-0.39, 0.29) is 5.97 Å². The molecule has 0 N–H and O–H groups in total. The van der Waals surface area contributed by atoms with Crippen LogP contribution in [-0.4, -0.2) is 19.6 Å². The zero-order chi connectivity index (χ0) is 11.8. The van der Waals surface area contributed by atoms with E-state index in [9.17, 15) is 4.79 Å². The molecule has 0 spiro atoms. The van der Waals surface area contributed by atoms with Gasteiger partial charge < -0.3 is 4.74 Å². The summed E-state index contributed by atoms with van der Waals surface area (Å²) in [6.45, 7) is 0.445. The summed E-state index contributed by atoms with van der Waals surface area (Å²) in [5.41, 5.74) is 9.01. The van der Waals surface area contributed by atoms with Gasteiger partial charge in [-0.25, -0.2) is 4.79 Å². The first-order chi connectivity index (χ1) is 7.77. The average molecular weight is 237 g/mol. The Morgan fingerprint density at radius 1 is 1.75 bits per heavy atom. The van der Waals surface area contributed by atoms with E-state index in [1.54, 1.807) is 6.07 Å². The molecule has 5 nitrogen and oxygen atoms in total. The number of hydrogen-bond acceptors (Lipinski definition) is 4. The van der Waals surface area contributed by atoms with Crippen LogP contribution in [0.1, 0.15) is 21.7 Å². The molecular weight excluding hydrogens is 226 g/mol. The van der Waals surface area contributed by atoms with E-state index in [4.69, 9.17) is 5.53 Å². The minimum absolute atomic E-state index is 0.321. The Kier molecular flexibility index (Phi) is 5.11. The van der Waals surface area contributed by atoms with Crippen LogP contribution in [0.4, 0.5) is 0 Å². The zero-order valence-electron chi connectivity index (χ0n) is 8.79. The van der Waals surface area contributed by atoms with Gasteiger partial charge in [0.25, 0.3) is 0 Å². The molecule has 0 unspecified atom stereocenters. The first kappa shape index (κ1) is 12.3. The number of rotatable bonds is 5. The van der Waals surface area contributed by atoms with Gasteiger partial charge in [0, 0.05) is 11.5 Å². The van der Waals surface area contributed by atoms with Gasteiger partial charge in [0.05, 0.1) is 7.11 Å². The second-order valence-corrected chi connectivity index (χ2v) is 3.79. The van der Waals surface area contributed by atoms with Crippen molar-refractivity contribution in [1.82, 2.24) is 0 Å². The summed E-state index contributed by atoms with van der Waals surface area (Å²) >= 11 is 1.34. The maximum Gasteiger partial charge on any atom is 0.348 e. The predicted molar refractivity (Wildman–Crippen MR) is 63.3 cm³/mol. The number of nitrogens with zero attached hydrogens (tertiary/aromatic N) is 3. The van der Waals surface area contributed by atoms with E-state index < -0.39 is 0 Å². The third-order valence-electron chi connectivity index (χ3n) is 1.78. The van der Waals surface area contributed by atoms with Gasteiger partial charge in [-0.1, -0.05) is 17.3 Å². The van der Waals surface area contributed by atoms with E-state index in [0.717, 1.165) is 5.56 Å². The summed E-state index contributed by atoms with van der Waals surface area (Å²) < 4.78 is 4.60. The van der Waals surface area contributed by atoms with Crippen molar-refractivity contribution in [3.05, 3.63) is 38.4 Å². The van der Waals surface area contributed by atoms with Crippen molar-refractivity contribution in [2.75, 3.05) is 13.7 Å². The van der Waals surface area contributed by atoms with Crippen molar-refractivity contribution < 1.29 is 9.53 Å². The molecule has 6 heteroatoms. The Balaban J connectivity index is 2.51. The molecule has 0 saturated carbocycles. The maximum atomic E-state index is 11.2. The van der Waals surface area contributed by atoms with Crippen LogP contribution < -0.4 is 0 Å². The predicted octanol–water partition coefficient (Wildman–Crippen LogP) is 3.25. The first-order valence-electron chi connectivity index (χ1n) is 4.62. The number of methoxy groups -OCH3 is 1. The van der Waals surface area contributed by atoms with Crippen molar-refractivity contribution >= 4 is 23.4 Å². The molecule has 0 radical (unpaired) electrons. The molecule has 1 heterocycles. The highest BCUT2D eigenvalue weighted by Crippen LogP contribution is 2.16. The smallest absolute Gasteiger partial charge is 0.348 e. The summed E-state index contributed by atoms with van der Waals surface area (Å²) in [5.74, 6) is -0.321. The number of carbonyl (C=O) groups is 1. The summed E-state index contributed by atoms with van der Waals surface area (Å²) in [5, 5.41) is 5.28. The third kappa shape index (κ3) is 3.76. The van der Waals surface area contributed by atoms with Crippen LogP contribution in [0, 0.1) is 0 Å². The van der Waals surface area contributed by atoms with E-state index in [2.05, 4.69) is 14.8 Å². The number of thiophene rings is 1. The lowest BCUT2D eigenvalue weighted by molar-refractivity contribution is 0.0606. The van der Waals surface area contributed by atoms with E-state index in [1.807, 2.05) is 17.5 Å². The molecule has 0 fully saturated rings. The molecule has 0 aliphatic heterocycles. The monoisotopic (exact) mass is 237 g/mol. The van der Waals surface area contributed by atoms with Crippen molar-refractivity contribution in [3.63, 3.8) is 0 Å². The molecule has 0 aliphatic carbocycles. The van der Waals surface area contributed by atoms with E-state index >= 15 is 0 Å². The van der Waals surface area contributed by atoms with Gasteiger partial charge in [-0.05, 0) is 29.0 Å². The summed E-state index contributed by atoms with van der Waals surface area (Å²) in [6.07, 6.45) is 4.47. The second-order valence-electron chi connectivity index (χ2n) is 2.88. The van der Waals surface area contributed by atoms with Gasteiger partial charge in [0.15, 0.2) is 0 Å². The molecule has 0 saturated heterocycles. The summed E-state index contributed by atoms with van der Waals surface area (Å²) in [6, 6.07) is 1.76. The minimum Gasteiger partial charge on any atom is -0.465 e. The zero-order valence-corrected chi connectivity index (χ0v) is 9.61. The highest BCUT2D eigenvalue weighted by atomic mass is 32.1. The Bertz CT molecular complexity index is 433. The maximum absolute atomic E-state index is 11.2. The number of carbonyl (C=O) groups excluding carboxylic acids is 1. The molecule has 1 rings (SSSR count). The Morgan fingerprint density at radius 3 is 3.25 bits per heavy atom. The van der Waals surface area contributed by atoms with Crippen LogP contribution in [0.2, 0.25) is 0 Å². The van der Waals surface area contributed by atoms with E-state index in [1.165, 1.54) is 18.4 Å².